The van der Waals surface area contributed by atoms with E-state index in [1.807, 2.05) is 0 Å². The second kappa shape index (κ2) is 6.91. The van der Waals surface area contributed by atoms with Gasteiger partial charge in [0.25, 0.3) is 0 Å². The molecule has 1 saturated carbocycles. The first-order valence-corrected chi connectivity index (χ1v) is 10.6. The number of hydrogen-bond acceptors (Lipinski definition) is 0. The summed E-state index contributed by atoms with van der Waals surface area (Å²) in [6, 6.07) is 20.8. The van der Waals surface area contributed by atoms with Crippen molar-refractivity contribution in [3.63, 3.8) is 0 Å². The molecule has 0 aliphatic heterocycles. The van der Waals surface area contributed by atoms with Crippen LogP contribution in [-0.4, -0.2) is 0 Å². The molecule has 4 aromatic rings. The third-order valence-corrected chi connectivity index (χ3v) is 6.60. The van der Waals surface area contributed by atoms with E-state index in [-0.39, 0.29) is 0 Å². The number of benzene rings is 4. The molecule has 1 aliphatic carbocycles. The summed E-state index contributed by atoms with van der Waals surface area (Å²) in [5, 5.41) is 8.58. The summed E-state index contributed by atoms with van der Waals surface area (Å²) in [6.45, 7) is 0. The van der Waals surface area contributed by atoms with Crippen molar-refractivity contribution >= 4 is 32.3 Å². The molecule has 1 aliphatic rings. The molecule has 0 bridgehead atoms. The van der Waals surface area contributed by atoms with Crippen molar-refractivity contribution < 1.29 is 0 Å². The summed E-state index contributed by atoms with van der Waals surface area (Å²) < 4.78 is 0. The van der Waals surface area contributed by atoms with Crippen LogP contribution in [0.4, 0.5) is 0 Å². The van der Waals surface area contributed by atoms with E-state index in [4.69, 9.17) is 0 Å². The van der Waals surface area contributed by atoms with E-state index < -0.39 is 0 Å². The monoisotopic (exact) mass is 340 g/mol. The van der Waals surface area contributed by atoms with Crippen molar-refractivity contribution in [2.24, 2.45) is 5.92 Å². The lowest BCUT2D eigenvalue weighted by molar-refractivity contribution is 0.426. The third-order valence-electron chi connectivity index (χ3n) is 6.60. The highest BCUT2D eigenvalue weighted by Crippen LogP contribution is 2.37. The van der Waals surface area contributed by atoms with E-state index in [1.54, 1.807) is 5.56 Å². The predicted octanol–water partition coefficient (Wildman–Crippen LogP) is 7.88. The van der Waals surface area contributed by atoms with Crippen LogP contribution in [0.5, 0.6) is 0 Å². The topological polar surface area (TPSA) is 0 Å². The van der Waals surface area contributed by atoms with E-state index in [0.29, 0.717) is 0 Å². The zero-order valence-electron chi connectivity index (χ0n) is 15.6. The van der Waals surface area contributed by atoms with Gasteiger partial charge in [-0.15, -0.1) is 0 Å². The molecule has 1 fully saturated rings. The van der Waals surface area contributed by atoms with E-state index >= 15 is 0 Å². The average Bonchev–Trinajstić information content (AvgIpc) is 2.81. The van der Waals surface area contributed by atoms with Crippen LogP contribution in [0.15, 0.2) is 54.6 Å². The van der Waals surface area contributed by atoms with Gasteiger partial charge in [-0.3, -0.25) is 0 Å². The number of rotatable bonds is 2. The van der Waals surface area contributed by atoms with Crippen molar-refractivity contribution in [3.05, 3.63) is 60.2 Å². The smallest absolute Gasteiger partial charge is 0.00240 e. The van der Waals surface area contributed by atoms with E-state index in [9.17, 15) is 0 Å². The second-order valence-corrected chi connectivity index (χ2v) is 8.35. The molecular formula is C26H28. The van der Waals surface area contributed by atoms with Gasteiger partial charge in [0.1, 0.15) is 0 Å². The Morgan fingerprint density at radius 3 is 1.88 bits per heavy atom. The highest BCUT2D eigenvalue weighted by molar-refractivity contribution is 6.23. The molecular weight excluding hydrogens is 312 g/mol. The van der Waals surface area contributed by atoms with E-state index in [0.717, 1.165) is 5.92 Å². The zero-order chi connectivity index (χ0) is 17.3. The van der Waals surface area contributed by atoms with Crippen LogP contribution in [0.1, 0.15) is 56.9 Å². The van der Waals surface area contributed by atoms with Crippen LogP contribution in [0.2, 0.25) is 0 Å². The molecule has 0 aromatic heterocycles. The average molecular weight is 341 g/mol. The summed E-state index contributed by atoms with van der Waals surface area (Å²) in [7, 11) is 0. The van der Waals surface area contributed by atoms with Crippen molar-refractivity contribution in [2.45, 2.75) is 57.8 Å². The Kier molecular flexibility index (Phi) is 4.28. The van der Waals surface area contributed by atoms with Crippen molar-refractivity contribution in [3.8, 4) is 0 Å². The van der Waals surface area contributed by atoms with E-state index in [2.05, 4.69) is 54.6 Å². The zero-order valence-corrected chi connectivity index (χ0v) is 15.6. The molecule has 0 amide bonds. The highest BCUT2D eigenvalue weighted by Gasteiger charge is 2.15. The quantitative estimate of drug-likeness (QED) is 0.326. The molecule has 4 aromatic carbocycles. The third kappa shape index (κ3) is 2.86. The SMILES string of the molecule is c1cc2ccc3ccc(CC4CCCCCCCC4)c4ccc(c1)c2c34. The largest absolute Gasteiger partial charge is 0.0610 e. The molecule has 0 unspecified atom stereocenters. The molecule has 0 heteroatoms. The first kappa shape index (κ1) is 16.1. The van der Waals surface area contributed by atoms with Crippen LogP contribution in [-0.2, 0) is 6.42 Å². The lowest BCUT2D eigenvalue weighted by atomic mass is 9.86. The van der Waals surface area contributed by atoms with Gasteiger partial charge in [-0.2, -0.15) is 0 Å². The molecule has 0 radical (unpaired) electrons. The predicted molar refractivity (Wildman–Crippen MR) is 114 cm³/mol. The van der Waals surface area contributed by atoms with Gasteiger partial charge in [0.05, 0.1) is 0 Å². The van der Waals surface area contributed by atoms with Gasteiger partial charge < -0.3 is 0 Å². The molecule has 26 heavy (non-hydrogen) atoms. The lowest BCUT2D eigenvalue weighted by Crippen LogP contribution is -2.05. The van der Waals surface area contributed by atoms with Gasteiger partial charge in [0.2, 0.25) is 0 Å². The molecule has 0 atom stereocenters. The number of hydrogen-bond donors (Lipinski definition) is 0. The maximum absolute atomic E-state index is 2.41. The lowest BCUT2D eigenvalue weighted by Gasteiger charge is -2.19. The Balaban J connectivity index is 1.59. The summed E-state index contributed by atoms with van der Waals surface area (Å²) >= 11 is 0. The Labute approximate surface area is 156 Å². The van der Waals surface area contributed by atoms with Gasteiger partial charge in [-0.05, 0) is 50.2 Å². The fraction of sp³-hybridized carbons (Fsp3) is 0.385. The van der Waals surface area contributed by atoms with Crippen LogP contribution >= 0.6 is 0 Å². The minimum atomic E-state index is 0.867. The maximum Gasteiger partial charge on any atom is -0.00240 e. The Morgan fingerprint density at radius 1 is 0.577 bits per heavy atom. The molecule has 0 spiro atoms. The minimum absolute atomic E-state index is 0.867. The van der Waals surface area contributed by atoms with Gasteiger partial charge >= 0.3 is 0 Å². The second-order valence-electron chi connectivity index (χ2n) is 8.35. The Morgan fingerprint density at radius 2 is 1.15 bits per heavy atom. The molecule has 0 saturated heterocycles. The normalized spacial score (nSPS) is 17.5. The van der Waals surface area contributed by atoms with Crippen LogP contribution in [0.3, 0.4) is 0 Å². The standard InChI is InChI=1S/C26H28/c1-2-4-6-9-19(8-5-3-1)18-23-15-14-22-13-12-20-10-7-11-21-16-17-24(23)26(22)25(20)21/h7,10-17,19H,1-6,8-9,18H2. The highest BCUT2D eigenvalue weighted by atomic mass is 14.2. The first-order valence-electron chi connectivity index (χ1n) is 10.6. The summed E-state index contributed by atoms with van der Waals surface area (Å²) in [4.78, 5) is 0. The van der Waals surface area contributed by atoms with Crippen LogP contribution in [0.25, 0.3) is 32.3 Å². The van der Waals surface area contributed by atoms with Gasteiger partial charge in [0.15, 0.2) is 0 Å². The Bertz CT molecular complexity index is 1000. The Hall–Kier alpha value is -2.08. The van der Waals surface area contributed by atoms with Crippen LogP contribution in [0, 0.1) is 5.92 Å². The molecule has 0 heterocycles. The van der Waals surface area contributed by atoms with Gasteiger partial charge in [-0.25, -0.2) is 0 Å². The van der Waals surface area contributed by atoms with Crippen molar-refractivity contribution in [1.29, 1.82) is 0 Å². The minimum Gasteiger partial charge on any atom is -0.0610 e. The maximum atomic E-state index is 2.41. The van der Waals surface area contributed by atoms with Crippen molar-refractivity contribution in [2.75, 3.05) is 0 Å². The molecule has 5 rings (SSSR count). The molecule has 0 nitrogen and oxygen atoms in total. The first-order chi connectivity index (χ1) is 12.9. The van der Waals surface area contributed by atoms with Gasteiger partial charge in [0, 0.05) is 0 Å². The molecule has 132 valence electrons. The fourth-order valence-electron chi connectivity index (χ4n) is 5.21. The fourth-order valence-corrected chi connectivity index (χ4v) is 5.21. The summed E-state index contributed by atoms with van der Waals surface area (Å²) in [5.41, 5.74) is 1.57. The summed E-state index contributed by atoms with van der Waals surface area (Å²) in [6.07, 6.45) is 12.7. The van der Waals surface area contributed by atoms with Crippen LogP contribution < -0.4 is 0 Å². The molecule has 0 N–H and O–H groups in total. The van der Waals surface area contributed by atoms with Crippen molar-refractivity contribution in [1.82, 2.24) is 0 Å². The summed E-state index contributed by atoms with van der Waals surface area (Å²) in [5.74, 6) is 0.867. The van der Waals surface area contributed by atoms with E-state index in [1.165, 1.54) is 90.1 Å². The van der Waals surface area contributed by atoms with Gasteiger partial charge in [-0.1, -0.05) is 106 Å².